The lowest BCUT2D eigenvalue weighted by Gasteiger charge is -2.22. The number of fused-ring (bicyclic) bond motifs is 10. The number of hydrogen-bond acceptors (Lipinski definition) is 0. The summed E-state index contributed by atoms with van der Waals surface area (Å²) in [5.41, 5.74) is 7.65. The van der Waals surface area contributed by atoms with Crippen LogP contribution in [0.4, 0.5) is 0 Å². The van der Waals surface area contributed by atoms with Crippen LogP contribution < -0.4 is 0 Å². The van der Waals surface area contributed by atoms with Gasteiger partial charge in [0, 0.05) is 0 Å². The summed E-state index contributed by atoms with van der Waals surface area (Å²) in [6.45, 7) is 0. The Hall–Kier alpha value is -7.54. The Bertz CT molecular complexity index is 3980. The van der Waals surface area contributed by atoms with Crippen LogP contribution in [0, 0.1) is 0 Å². The molecule has 0 spiro atoms. The molecule has 0 aliphatic carbocycles. The second-order valence-electron chi connectivity index (χ2n) is 16.2. The molecule has 0 unspecified atom stereocenters. The molecule has 0 aliphatic rings. The summed E-state index contributed by atoms with van der Waals surface area (Å²) in [6.07, 6.45) is 0. The summed E-state index contributed by atoms with van der Waals surface area (Å²) >= 11 is 0. The Morgan fingerprint density at radius 2 is 0.517 bits per heavy atom. The summed E-state index contributed by atoms with van der Waals surface area (Å²) in [5.74, 6) is 0. The molecule has 14 aromatic rings. The first kappa shape index (κ1) is 30.7. The van der Waals surface area contributed by atoms with Crippen LogP contribution in [0.5, 0.6) is 0 Å². The SMILES string of the molecule is c1ccc(-c2ccccc2-c2c3cccc4c3c(c3cccc5c(-c6ccccc6)c6c7cccc8cccc(c87)c6c4c53)c3c4cccc5cccc(c23)c54)cc1. The molecule has 0 atom stereocenters. The van der Waals surface area contributed by atoms with Gasteiger partial charge in [-0.3, -0.25) is 0 Å². The van der Waals surface area contributed by atoms with Crippen molar-refractivity contribution in [2.45, 2.75) is 0 Å². The molecule has 14 rings (SSSR count). The van der Waals surface area contributed by atoms with Gasteiger partial charge in [0.1, 0.15) is 0 Å². The van der Waals surface area contributed by atoms with E-state index in [0.717, 1.165) is 0 Å². The van der Waals surface area contributed by atoms with E-state index >= 15 is 0 Å². The first-order chi connectivity index (χ1) is 28.8. The summed E-state index contributed by atoms with van der Waals surface area (Å²) in [4.78, 5) is 0. The zero-order valence-electron chi connectivity index (χ0n) is 31.5. The van der Waals surface area contributed by atoms with Gasteiger partial charge in [-0.05, 0) is 141 Å². The molecule has 0 heteroatoms. The molecule has 0 saturated heterocycles. The van der Waals surface area contributed by atoms with Crippen LogP contribution in [-0.2, 0) is 0 Å². The smallest absolute Gasteiger partial charge is 0.000696 e. The van der Waals surface area contributed by atoms with E-state index in [-0.39, 0.29) is 0 Å². The second-order valence-corrected chi connectivity index (χ2v) is 16.2. The Kier molecular flexibility index (Phi) is 5.85. The highest BCUT2D eigenvalue weighted by molar-refractivity contribution is 6.53. The lowest BCUT2D eigenvalue weighted by molar-refractivity contribution is 1.61. The highest BCUT2D eigenvalue weighted by atomic mass is 14.3. The molecule has 0 saturated carbocycles. The fourth-order valence-corrected chi connectivity index (χ4v) is 11.4. The lowest BCUT2D eigenvalue weighted by Crippen LogP contribution is -1.94. The van der Waals surface area contributed by atoms with Crippen molar-refractivity contribution in [2.75, 3.05) is 0 Å². The second kappa shape index (κ2) is 11.1. The molecule has 0 fully saturated rings. The van der Waals surface area contributed by atoms with Crippen molar-refractivity contribution < 1.29 is 0 Å². The van der Waals surface area contributed by atoms with Crippen molar-refractivity contribution in [3.05, 3.63) is 194 Å². The van der Waals surface area contributed by atoms with E-state index in [1.165, 1.54) is 141 Å². The van der Waals surface area contributed by atoms with Crippen LogP contribution in [0.15, 0.2) is 194 Å². The maximum Gasteiger partial charge on any atom is -0.000696 e. The standard InChI is InChI=1S/C58H32/c1-3-15-33(16-4-1)37-23-7-8-24-38(37)50-44-30-14-32-46-52(44)56(58-42-28-12-22-35-20-10-26-40(48(35)42)54(50)58)45-31-13-29-43-49(36-17-5-2-6-18-36)53-39-25-9-19-34-21-11-27-41(47(34)39)57(53)55(46)51(43)45/h1-32H. The third-order valence-electron chi connectivity index (χ3n) is 13.4. The van der Waals surface area contributed by atoms with Gasteiger partial charge >= 0.3 is 0 Å². The minimum absolute atomic E-state index is 1.23. The van der Waals surface area contributed by atoms with Crippen molar-refractivity contribution in [2.24, 2.45) is 0 Å². The Labute approximate surface area is 333 Å². The molecule has 58 heavy (non-hydrogen) atoms. The van der Waals surface area contributed by atoms with Crippen molar-refractivity contribution in [3.8, 4) is 33.4 Å². The summed E-state index contributed by atoms with van der Waals surface area (Å²) in [7, 11) is 0. The van der Waals surface area contributed by atoms with Gasteiger partial charge in [-0.2, -0.15) is 0 Å². The van der Waals surface area contributed by atoms with Gasteiger partial charge in [-0.1, -0.05) is 194 Å². The molecule has 0 heterocycles. The highest BCUT2D eigenvalue weighted by Crippen LogP contribution is 2.57. The maximum absolute atomic E-state index is 2.42. The zero-order valence-corrected chi connectivity index (χ0v) is 31.5. The van der Waals surface area contributed by atoms with Gasteiger partial charge in [0.05, 0.1) is 0 Å². The predicted octanol–water partition coefficient (Wildman–Crippen LogP) is 16.5. The number of hydrogen-bond donors (Lipinski definition) is 0. The van der Waals surface area contributed by atoms with E-state index in [1.807, 2.05) is 0 Å². The molecule has 0 bridgehead atoms. The lowest BCUT2D eigenvalue weighted by atomic mass is 9.80. The molecule has 264 valence electrons. The van der Waals surface area contributed by atoms with Gasteiger partial charge < -0.3 is 0 Å². The van der Waals surface area contributed by atoms with Crippen molar-refractivity contribution >= 4 is 108 Å². The van der Waals surface area contributed by atoms with Crippen LogP contribution in [0.25, 0.3) is 141 Å². The van der Waals surface area contributed by atoms with E-state index in [2.05, 4.69) is 194 Å². The summed E-state index contributed by atoms with van der Waals surface area (Å²) in [5, 5.41) is 26.7. The molecular weight excluding hydrogens is 697 g/mol. The topological polar surface area (TPSA) is 0 Å². The number of rotatable bonds is 3. The molecular formula is C58H32. The van der Waals surface area contributed by atoms with Crippen LogP contribution >= 0.6 is 0 Å². The zero-order chi connectivity index (χ0) is 37.6. The normalized spacial score (nSPS) is 12.5. The van der Waals surface area contributed by atoms with Crippen LogP contribution in [0.1, 0.15) is 0 Å². The third-order valence-corrected chi connectivity index (χ3v) is 13.4. The third kappa shape index (κ3) is 3.71. The summed E-state index contributed by atoms with van der Waals surface area (Å²) in [6, 6.07) is 73.0. The highest BCUT2D eigenvalue weighted by Gasteiger charge is 2.28. The molecule has 0 N–H and O–H groups in total. The monoisotopic (exact) mass is 728 g/mol. The number of benzene rings is 12. The quantitative estimate of drug-likeness (QED) is 0.126. The van der Waals surface area contributed by atoms with Gasteiger partial charge in [0.2, 0.25) is 0 Å². The van der Waals surface area contributed by atoms with Crippen molar-refractivity contribution in [1.29, 1.82) is 0 Å². The van der Waals surface area contributed by atoms with Crippen molar-refractivity contribution in [1.82, 2.24) is 0 Å². The van der Waals surface area contributed by atoms with Crippen LogP contribution in [-0.4, -0.2) is 0 Å². The Morgan fingerprint density at radius 1 is 0.172 bits per heavy atom. The van der Waals surface area contributed by atoms with E-state index in [4.69, 9.17) is 0 Å². The van der Waals surface area contributed by atoms with Gasteiger partial charge in [-0.25, -0.2) is 0 Å². The largest absolute Gasteiger partial charge is 0.0622 e. The fraction of sp³-hybridized carbons (Fsp3) is 0. The van der Waals surface area contributed by atoms with E-state index < -0.39 is 0 Å². The van der Waals surface area contributed by atoms with Crippen molar-refractivity contribution in [3.63, 3.8) is 0 Å². The van der Waals surface area contributed by atoms with Gasteiger partial charge in [0.25, 0.3) is 0 Å². The molecule has 0 aliphatic heterocycles. The fourth-order valence-electron chi connectivity index (χ4n) is 11.4. The minimum atomic E-state index is 1.23. The van der Waals surface area contributed by atoms with Gasteiger partial charge in [-0.15, -0.1) is 0 Å². The Balaban J connectivity index is 1.33. The van der Waals surface area contributed by atoms with Crippen LogP contribution in [0.3, 0.4) is 0 Å². The molecule has 0 amide bonds. The summed E-state index contributed by atoms with van der Waals surface area (Å²) < 4.78 is 0. The Morgan fingerprint density at radius 3 is 1.03 bits per heavy atom. The first-order valence-electron chi connectivity index (χ1n) is 20.4. The maximum atomic E-state index is 2.42. The average molecular weight is 729 g/mol. The van der Waals surface area contributed by atoms with E-state index in [1.54, 1.807) is 0 Å². The molecule has 0 nitrogen and oxygen atoms in total. The average Bonchev–Trinajstić information content (AvgIpc) is 3.80. The minimum Gasteiger partial charge on any atom is -0.0622 e. The first-order valence-corrected chi connectivity index (χ1v) is 20.4. The van der Waals surface area contributed by atoms with Crippen LogP contribution in [0.2, 0.25) is 0 Å². The molecule has 0 radical (unpaired) electrons. The van der Waals surface area contributed by atoms with E-state index in [0.29, 0.717) is 0 Å². The molecule has 14 aromatic carbocycles. The predicted molar refractivity (Wildman–Crippen MR) is 251 cm³/mol. The van der Waals surface area contributed by atoms with Gasteiger partial charge in [0.15, 0.2) is 0 Å². The van der Waals surface area contributed by atoms with E-state index in [9.17, 15) is 0 Å². The molecule has 0 aromatic heterocycles.